The lowest BCUT2D eigenvalue weighted by Crippen LogP contribution is -2.66. The second-order valence-corrected chi connectivity index (χ2v) is 58.5. The van der Waals surface area contributed by atoms with E-state index in [1.54, 1.807) is 23.6 Å². The van der Waals surface area contributed by atoms with Crippen molar-refractivity contribution < 1.29 is 83.8 Å². The molecule has 18 fully saturated rings. The monoisotopic (exact) mass is 2040 g/mol. The number of hydrogen-bond donors (Lipinski definition) is 0. The molecule has 18 rings (SSSR count). The Bertz CT molecular complexity index is 4270. The van der Waals surface area contributed by atoms with Crippen molar-refractivity contribution in [3.63, 3.8) is 0 Å². The summed E-state index contributed by atoms with van der Waals surface area (Å²) in [5.74, 6) is 4.47. The summed E-state index contributed by atoms with van der Waals surface area (Å²) in [5, 5.41) is 0. The van der Waals surface area contributed by atoms with Crippen molar-refractivity contribution in [1.82, 2.24) is 29.4 Å². The molecule has 0 aromatic carbocycles. The van der Waals surface area contributed by atoms with Gasteiger partial charge in [0.15, 0.2) is 0 Å². The third kappa shape index (κ3) is 27.8. The number of hydrogen-bond acceptors (Lipinski definition) is 10. The minimum atomic E-state index is -0.577. The predicted octanol–water partition coefficient (Wildman–Crippen LogP) is 17.8. The molecule has 12 atom stereocenters. The molecule has 0 radical (unpaired) electrons. The van der Waals surface area contributed by atoms with Gasteiger partial charge in [-0.1, -0.05) is 138 Å². The molecule has 0 aliphatic carbocycles. The minimum absolute atomic E-state index is 0.148. The van der Waals surface area contributed by atoms with E-state index >= 15 is 0 Å². The van der Waals surface area contributed by atoms with E-state index in [4.69, 9.17) is 0 Å². The Hall–Kier alpha value is -4.82. The van der Waals surface area contributed by atoms with Gasteiger partial charge in [-0.05, 0) is 128 Å². The van der Waals surface area contributed by atoms with Crippen LogP contribution in [0.1, 0.15) is 358 Å². The number of quaternary nitrogens is 8. The lowest BCUT2D eigenvalue weighted by Gasteiger charge is -2.52. The number of fused-ring (bicyclic) bond motifs is 16. The van der Waals surface area contributed by atoms with Crippen LogP contribution in [0.2, 0.25) is 0 Å². The van der Waals surface area contributed by atoms with Gasteiger partial charge in [0.25, 0.3) is 17.7 Å². The molecule has 18 aliphatic heterocycles. The van der Waals surface area contributed by atoms with Crippen molar-refractivity contribution in [2.45, 2.75) is 455 Å². The second kappa shape index (κ2) is 48.5. The number of amides is 6. The van der Waals surface area contributed by atoms with E-state index in [0.29, 0.717) is 101 Å². The molecule has 24 nitrogen and oxygen atoms in total. The molecule has 18 heterocycles. The van der Waals surface area contributed by atoms with E-state index in [1.807, 2.05) is 88.0 Å². The molecule has 0 spiro atoms. The largest absolute Gasteiger partial charge is 0.341 e. The van der Waals surface area contributed by atoms with Gasteiger partial charge in [-0.15, -0.1) is 0 Å². The number of carbonyl (C=O) groups is 10. The van der Waals surface area contributed by atoms with Crippen molar-refractivity contribution in [2.24, 2.45) is 80.8 Å². The van der Waals surface area contributed by atoms with Gasteiger partial charge in [0, 0.05) is 211 Å². The van der Waals surface area contributed by atoms with Crippen LogP contribution in [0.25, 0.3) is 0 Å². The zero-order valence-electron chi connectivity index (χ0n) is 101. The summed E-state index contributed by atoms with van der Waals surface area (Å²) in [6.07, 6.45) is 21.6. The van der Waals surface area contributed by atoms with Gasteiger partial charge in [0.1, 0.15) is 17.9 Å². The third-order valence-electron chi connectivity index (χ3n) is 42.3. The average Bonchev–Trinajstić information content (AvgIpc) is 1.59. The molecule has 6 amide bonds. The van der Waals surface area contributed by atoms with Crippen LogP contribution in [0, 0.1) is 80.8 Å². The minimum Gasteiger partial charge on any atom is -0.341 e. The molecule has 0 N–H and O–H groups in total. The Morgan fingerprint density at radius 3 is 0.959 bits per heavy atom. The molecule has 0 aromatic rings. The number of piperazine rings is 2. The van der Waals surface area contributed by atoms with E-state index in [0.717, 1.165) is 198 Å². The van der Waals surface area contributed by atoms with E-state index in [9.17, 15) is 47.9 Å². The molecule has 24 heteroatoms. The van der Waals surface area contributed by atoms with Crippen molar-refractivity contribution in [1.29, 1.82) is 0 Å². The van der Waals surface area contributed by atoms with Crippen molar-refractivity contribution in [3.05, 3.63) is 0 Å². The number of ketones is 4. The first-order chi connectivity index (χ1) is 66.8. The standard InChI is InChI=1S/C17H32NO.2C16H29N2O2.C15H27N2O2.C15H30N.3C14H27N2O/c1-12(2)18(6)14-7-8-15(18)10-13(9-14)11-16(19)17(3,4)5;1-11(2)18(6)9-12-7-17(8-13(12)10-18)15(20)14(19)16(3,4)5;1-12(2)18-9-6-13(7-10-18)17(8-11-18)15(20)14(19)16(3,4)5;1-11(2)14(18)15(19)16-7-9-17(12(3)4)8-5-6-13(17)10-16;1-11(2)16(6)13-7-8-14(16)10-12(9-13)15(3,4)5;1-10(2)14(17)15-6-12-8-16(5,11(3)4)9-13(12)7-15;1-11(2)14(17)15-7-10-16(12(3)4)8-5-13(15)6-9-16;1-11(2)14(17)15-7-9-16(12(3)4)8-5-6-13(16)10-15/h12-15H,7-11H2,1-6H3;11-13H,7-10H2,1-6H3;12-13H,6-11H2,1-5H3;11-13H,5-10H2,1-4H3;11-14H,7-10H2,1-6H3;10-13H,6-9H2,1-5H3;2*11-13H,5-10H2,1-4H3/q8*+1. The fourth-order valence-electron chi connectivity index (χ4n) is 30.2. The molecule has 145 heavy (non-hydrogen) atoms. The summed E-state index contributed by atoms with van der Waals surface area (Å²) in [6.45, 7) is 103. The van der Waals surface area contributed by atoms with Gasteiger partial charge in [0.2, 0.25) is 35.1 Å². The number of Topliss-reactive ketones (excluding diaryl/α,β-unsaturated/α-hetero) is 4. The first-order valence-electron chi connectivity index (χ1n) is 59.6. The van der Waals surface area contributed by atoms with Gasteiger partial charge in [0.05, 0.1) is 232 Å². The number of carbonyl (C=O) groups excluding carboxylic acids is 10. The lowest BCUT2D eigenvalue weighted by molar-refractivity contribution is -0.968. The molecule has 0 aromatic heterocycles. The van der Waals surface area contributed by atoms with E-state index in [2.05, 4.69) is 195 Å². The van der Waals surface area contributed by atoms with Crippen molar-refractivity contribution in [2.75, 3.05) is 185 Å². The van der Waals surface area contributed by atoms with Crippen LogP contribution in [0.5, 0.6) is 0 Å². The zero-order chi connectivity index (χ0) is 109. The summed E-state index contributed by atoms with van der Waals surface area (Å²) in [7, 11) is 9.66. The lowest BCUT2D eigenvalue weighted by atomic mass is 9.72. The maximum atomic E-state index is 12.5. The number of rotatable bonds is 17. The van der Waals surface area contributed by atoms with Gasteiger partial charge in [-0.2, -0.15) is 0 Å². The predicted molar refractivity (Wildman–Crippen MR) is 592 cm³/mol. The van der Waals surface area contributed by atoms with Crippen LogP contribution in [0.3, 0.4) is 0 Å². The number of likely N-dealkylation sites (tertiary alicyclic amines) is 4. The van der Waals surface area contributed by atoms with Crippen LogP contribution < -0.4 is 0 Å². The van der Waals surface area contributed by atoms with E-state index in [1.165, 1.54) is 158 Å². The van der Waals surface area contributed by atoms with Crippen LogP contribution >= 0.6 is 0 Å². The second-order valence-electron chi connectivity index (χ2n) is 58.5. The normalized spacial score (nSPS) is 35.0. The fourth-order valence-corrected chi connectivity index (χ4v) is 30.2. The third-order valence-corrected chi connectivity index (χ3v) is 42.3. The van der Waals surface area contributed by atoms with Gasteiger partial charge in [-0.3, -0.25) is 47.9 Å². The Labute approximate surface area is 887 Å². The van der Waals surface area contributed by atoms with Gasteiger partial charge >= 0.3 is 0 Å². The molecule has 12 unspecified atom stereocenters. The van der Waals surface area contributed by atoms with Crippen LogP contribution in [0.4, 0.5) is 0 Å². The number of nitrogens with zero attached hydrogens (tertiary/aromatic N) is 14. The molecule has 0 saturated carbocycles. The summed E-state index contributed by atoms with van der Waals surface area (Å²) < 4.78 is 9.69. The average molecular weight is 2040 g/mol. The smallest absolute Gasteiger partial charge is 0.290 e. The maximum absolute atomic E-state index is 12.5. The number of piperidine rings is 4. The van der Waals surface area contributed by atoms with Gasteiger partial charge < -0.3 is 65.3 Å². The summed E-state index contributed by atoms with van der Waals surface area (Å²) in [5.41, 5.74) is -0.793. The Kier molecular flexibility index (Phi) is 41.3. The molecule has 834 valence electrons. The SMILES string of the molecule is CC(C)C(=O)C(=O)N1CC[N+]2(C(C)C)CCCC2C1.CC(C)C(=O)N1CC2C[N+](C)(C(C)C)CC2C1.CC(C)C(=O)N1CC[N+]2(C(C)C)CCC1CC2.CC(C)C(=O)N1CC[N+]2(C(C)C)CCCC2C1.CC(C)[N+]1(C)C2CCC1CC(C(C)(C)C)C2.CC(C)[N+]1(C)C2CCC1CC(CC(=O)C(C)(C)C)C2.CC(C)[N+]1(C)CC2CN(C(=O)C(=O)C(C)(C)C)CC2C1.CC(C)[N+]12CCC(CC1)N(C(=O)C(=O)C(C)(C)C)CC2. The molecular formula is C121H228N14O10+8. The topological polar surface area (TPSA) is 190 Å². The highest BCUT2D eigenvalue weighted by Crippen LogP contribution is 2.52. The van der Waals surface area contributed by atoms with Gasteiger partial charge in [-0.25, -0.2) is 0 Å². The molecule has 18 saturated heterocycles. The van der Waals surface area contributed by atoms with E-state index < -0.39 is 10.8 Å². The van der Waals surface area contributed by atoms with Crippen LogP contribution in [-0.2, 0) is 47.9 Å². The van der Waals surface area contributed by atoms with E-state index in [-0.39, 0.29) is 70.2 Å². The summed E-state index contributed by atoms with van der Waals surface area (Å²) >= 11 is 0. The maximum Gasteiger partial charge on any atom is 0.290 e. The highest BCUT2D eigenvalue weighted by Gasteiger charge is 2.60. The molecular weight excluding hydrogens is 1810 g/mol. The summed E-state index contributed by atoms with van der Waals surface area (Å²) in [4.78, 5) is 134. The van der Waals surface area contributed by atoms with Crippen molar-refractivity contribution >= 4 is 58.6 Å². The molecule has 18 aliphatic rings. The van der Waals surface area contributed by atoms with Crippen LogP contribution in [0.15, 0.2) is 0 Å². The Balaban J connectivity index is 0.000000185. The highest BCUT2D eigenvalue weighted by atomic mass is 16.2. The first-order valence-corrected chi connectivity index (χ1v) is 59.6. The molecule has 8 bridgehead atoms. The fraction of sp³-hybridized carbons (Fsp3) is 0.917. The summed E-state index contributed by atoms with van der Waals surface area (Å²) in [6, 6.07) is 11.0. The first kappa shape index (κ1) is 124. The quantitative estimate of drug-likeness (QED) is 0.100. The van der Waals surface area contributed by atoms with Crippen LogP contribution in [-0.4, -0.2) is 406 Å². The zero-order valence-corrected chi connectivity index (χ0v) is 101. The van der Waals surface area contributed by atoms with Crippen molar-refractivity contribution in [3.8, 4) is 0 Å². The Morgan fingerprint density at radius 2 is 0.628 bits per heavy atom. The highest BCUT2D eigenvalue weighted by molar-refractivity contribution is 6.38. The Morgan fingerprint density at radius 1 is 0.290 bits per heavy atom.